The Labute approximate surface area is 130 Å². The maximum absolute atomic E-state index is 11.9. The zero-order chi connectivity index (χ0) is 15.5. The number of amides is 1. The van der Waals surface area contributed by atoms with Crippen LogP contribution in [0.3, 0.4) is 0 Å². The SMILES string of the molecule is CC(C)CCNC(=O)CN1CCCN(CCCCN)CC1. The van der Waals surface area contributed by atoms with Gasteiger partial charge in [-0.05, 0) is 57.8 Å². The van der Waals surface area contributed by atoms with Gasteiger partial charge in [0.05, 0.1) is 6.54 Å². The van der Waals surface area contributed by atoms with Gasteiger partial charge in [0.25, 0.3) is 0 Å². The summed E-state index contributed by atoms with van der Waals surface area (Å²) in [4.78, 5) is 16.7. The minimum Gasteiger partial charge on any atom is -0.355 e. The van der Waals surface area contributed by atoms with E-state index < -0.39 is 0 Å². The zero-order valence-electron chi connectivity index (χ0n) is 13.9. The minimum absolute atomic E-state index is 0.173. The molecule has 1 rings (SSSR count). The van der Waals surface area contributed by atoms with Gasteiger partial charge in [-0.1, -0.05) is 13.8 Å². The molecule has 1 aliphatic rings. The number of nitrogens with two attached hydrogens (primary N) is 1. The maximum atomic E-state index is 11.9. The van der Waals surface area contributed by atoms with E-state index in [9.17, 15) is 4.79 Å². The highest BCUT2D eigenvalue weighted by Gasteiger charge is 2.16. The second-order valence-electron chi connectivity index (χ2n) is 6.50. The Bertz CT molecular complexity index is 283. The lowest BCUT2D eigenvalue weighted by Gasteiger charge is -2.21. The molecule has 0 aromatic carbocycles. The first-order chi connectivity index (χ1) is 10.1. The van der Waals surface area contributed by atoms with E-state index in [1.54, 1.807) is 0 Å². The Morgan fingerprint density at radius 2 is 1.86 bits per heavy atom. The van der Waals surface area contributed by atoms with Crippen LogP contribution in [0.5, 0.6) is 0 Å². The molecule has 0 atom stereocenters. The summed E-state index contributed by atoms with van der Waals surface area (Å²) < 4.78 is 0. The van der Waals surface area contributed by atoms with E-state index in [2.05, 4.69) is 29.0 Å². The van der Waals surface area contributed by atoms with Crippen LogP contribution >= 0.6 is 0 Å². The quantitative estimate of drug-likeness (QED) is 0.621. The molecule has 21 heavy (non-hydrogen) atoms. The third kappa shape index (κ3) is 9.06. The summed E-state index contributed by atoms with van der Waals surface area (Å²) in [5, 5.41) is 3.03. The van der Waals surface area contributed by atoms with Gasteiger partial charge in [-0.2, -0.15) is 0 Å². The highest BCUT2D eigenvalue weighted by Crippen LogP contribution is 2.04. The van der Waals surface area contributed by atoms with E-state index in [-0.39, 0.29) is 5.91 Å². The van der Waals surface area contributed by atoms with Crippen LogP contribution in [-0.2, 0) is 4.79 Å². The van der Waals surface area contributed by atoms with E-state index in [0.29, 0.717) is 12.5 Å². The summed E-state index contributed by atoms with van der Waals surface area (Å²) in [6.45, 7) is 11.9. The van der Waals surface area contributed by atoms with Crippen LogP contribution in [0.2, 0.25) is 0 Å². The Morgan fingerprint density at radius 1 is 1.14 bits per heavy atom. The number of carbonyl (C=O) groups is 1. The lowest BCUT2D eigenvalue weighted by Crippen LogP contribution is -2.39. The van der Waals surface area contributed by atoms with Gasteiger partial charge >= 0.3 is 0 Å². The fourth-order valence-corrected chi connectivity index (χ4v) is 2.65. The van der Waals surface area contributed by atoms with Crippen molar-refractivity contribution in [2.45, 2.75) is 39.5 Å². The Morgan fingerprint density at radius 3 is 2.57 bits per heavy atom. The van der Waals surface area contributed by atoms with Crippen molar-refractivity contribution in [3.05, 3.63) is 0 Å². The normalized spacial score (nSPS) is 17.9. The van der Waals surface area contributed by atoms with Crippen LogP contribution < -0.4 is 11.1 Å². The molecule has 0 saturated carbocycles. The number of rotatable bonds is 9. The summed E-state index contributed by atoms with van der Waals surface area (Å²) in [5.74, 6) is 0.817. The molecular weight excluding hydrogens is 264 g/mol. The second-order valence-corrected chi connectivity index (χ2v) is 6.50. The van der Waals surface area contributed by atoms with Crippen LogP contribution in [-0.4, -0.2) is 68.1 Å². The van der Waals surface area contributed by atoms with Gasteiger partial charge in [0, 0.05) is 19.6 Å². The molecular formula is C16H34N4O. The molecule has 124 valence electrons. The lowest BCUT2D eigenvalue weighted by molar-refractivity contribution is -0.122. The van der Waals surface area contributed by atoms with Crippen LogP contribution in [0, 0.1) is 5.92 Å². The maximum Gasteiger partial charge on any atom is 0.234 e. The number of hydrogen-bond donors (Lipinski definition) is 2. The number of hydrogen-bond acceptors (Lipinski definition) is 4. The Balaban J connectivity index is 2.17. The summed E-state index contributed by atoms with van der Waals surface area (Å²) in [7, 11) is 0. The van der Waals surface area contributed by atoms with Crippen LogP contribution in [0.25, 0.3) is 0 Å². The summed E-state index contributed by atoms with van der Waals surface area (Å²) in [6, 6.07) is 0. The molecule has 0 radical (unpaired) electrons. The molecule has 5 nitrogen and oxygen atoms in total. The average molecular weight is 298 g/mol. The number of unbranched alkanes of at least 4 members (excludes halogenated alkanes) is 1. The molecule has 1 heterocycles. The predicted molar refractivity (Wildman–Crippen MR) is 88.3 cm³/mol. The van der Waals surface area contributed by atoms with E-state index in [1.165, 1.54) is 6.42 Å². The summed E-state index contributed by atoms with van der Waals surface area (Å²) >= 11 is 0. The third-order valence-corrected chi connectivity index (χ3v) is 4.02. The molecule has 3 N–H and O–H groups in total. The number of carbonyl (C=O) groups excluding carboxylic acids is 1. The Kier molecular flexibility index (Phi) is 9.63. The lowest BCUT2D eigenvalue weighted by atomic mass is 10.1. The van der Waals surface area contributed by atoms with Crippen LogP contribution in [0.15, 0.2) is 0 Å². The van der Waals surface area contributed by atoms with Gasteiger partial charge in [-0.15, -0.1) is 0 Å². The van der Waals surface area contributed by atoms with Gasteiger partial charge in [-0.25, -0.2) is 0 Å². The van der Waals surface area contributed by atoms with E-state index >= 15 is 0 Å². The summed E-state index contributed by atoms with van der Waals surface area (Å²) in [5.41, 5.74) is 5.54. The van der Waals surface area contributed by atoms with Crippen molar-refractivity contribution in [3.63, 3.8) is 0 Å². The average Bonchev–Trinajstić information content (AvgIpc) is 2.64. The molecule has 1 aliphatic heterocycles. The van der Waals surface area contributed by atoms with Gasteiger partial charge in [-0.3, -0.25) is 9.69 Å². The smallest absolute Gasteiger partial charge is 0.234 e. The van der Waals surface area contributed by atoms with Crippen molar-refractivity contribution in [3.8, 4) is 0 Å². The Hall–Kier alpha value is -0.650. The zero-order valence-corrected chi connectivity index (χ0v) is 13.9. The van der Waals surface area contributed by atoms with Gasteiger partial charge in [0.2, 0.25) is 5.91 Å². The van der Waals surface area contributed by atoms with Crippen molar-refractivity contribution in [2.75, 3.05) is 52.4 Å². The standard InChI is InChI=1S/C16H34N4O/c1-15(2)6-8-18-16(21)14-20-11-5-10-19(12-13-20)9-4-3-7-17/h15H,3-14,17H2,1-2H3,(H,18,21). The third-order valence-electron chi connectivity index (χ3n) is 4.02. The first-order valence-corrected chi connectivity index (χ1v) is 8.53. The molecule has 0 aromatic rings. The minimum atomic E-state index is 0.173. The number of nitrogens with zero attached hydrogens (tertiary/aromatic N) is 2. The first kappa shape index (κ1) is 18.4. The summed E-state index contributed by atoms with van der Waals surface area (Å²) in [6.07, 6.45) is 4.51. The molecule has 1 fully saturated rings. The van der Waals surface area contributed by atoms with Crippen molar-refractivity contribution in [1.82, 2.24) is 15.1 Å². The monoisotopic (exact) mass is 298 g/mol. The molecule has 0 aromatic heterocycles. The highest BCUT2D eigenvalue weighted by molar-refractivity contribution is 5.77. The van der Waals surface area contributed by atoms with E-state index in [1.807, 2.05) is 0 Å². The van der Waals surface area contributed by atoms with Crippen molar-refractivity contribution >= 4 is 5.91 Å². The fourth-order valence-electron chi connectivity index (χ4n) is 2.65. The molecule has 5 heteroatoms. The van der Waals surface area contributed by atoms with Gasteiger partial charge in [0.15, 0.2) is 0 Å². The van der Waals surface area contributed by atoms with E-state index in [4.69, 9.17) is 5.73 Å². The van der Waals surface area contributed by atoms with Crippen molar-refractivity contribution < 1.29 is 4.79 Å². The molecule has 0 spiro atoms. The van der Waals surface area contributed by atoms with Crippen LogP contribution in [0.1, 0.15) is 39.5 Å². The predicted octanol–water partition coefficient (Wildman–Crippen LogP) is 0.895. The van der Waals surface area contributed by atoms with Crippen molar-refractivity contribution in [1.29, 1.82) is 0 Å². The van der Waals surface area contributed by atoms with Gasteiger partial charge < -0.3 is 16.0 Å². The fraction of sp³-hybridized carbons (Fsp3) is 0.938. The number of nitrogens with one attached hydrogen (secondary N) is 1. The topological polar surface area (TPSA) is 61.6 Å². The molecule has 1 amide bonds. The second kappa shape index (κ2) is 11.0. The van der Waals surface area contributed by atoms with Crippen molar-refractivity contribution in [2.24, 2.45) is 11.7 Å². The molecule has 0 bridgehead atoms. The molecule has 1 saturated heterocycles. The molecule has 0 unspecified atom stereocenters. The molecule has 0 aliphatic carbocycles. The van der Waals surface area contributed by atoms with E-state index in [0.717, 1.165) is 65.1 Å². The highest BCUT2D eigenvalue weighted by atomic mass is 16.2. The van der Waals surface area contributed by atoms with Gasteiger partial charge in [0.1, 0.15) is 0 Å². The largest absolute Gasteiger partial charge is 0.355 e. The first-order valence-electron chi connectivity index (χ1n) is 8.53. The van der Waals surface area contributed by atoms with Crippen LogP contribution in [0.4, 0.5) is 0 Å².